The van der Waals surface area contributed by atoms with E-state index in [1.807, 2.05) is 0 Å². The van der Waals surface area contributed by atoms with E-state index in [1.165, 1.54) is 79.8 Å². The highest BCUT2D eigenvalue weighted by Crippen LogP contribution is 2.35. The Morgan fingerprint density at radius 1 is 0.656 bits per heavy atom. The van der Waals surface area contributed by atoms with E-state index in [0.29, 0.717) is 10.1 Å². The second-order valence-corrected chi connectivity index (χ2v) is 15.2. The molecule has 2 fully saturated rings. The van der Waals surface area contributed by atoms with Gasteiger partial charge in [0.25, 0.3) is 0 Å². The maximum absolute atomic E-state index is 9.75. The van der Waals surface area contributed by atoms with Crippen LogP contribution in [0.4, 0.5) is 0 Å². The molecule has 6 nitrogen and oxygen atoms in total. The summed E-state index contributed by atoms with van der Waals surface area (Å²) < 4.78 is 9.70. The summed E-state index contributed by atoms with van der Waals surface area (Å²) in [6, 6.07) is 0. The van der Waals surface area contributed by atoms with Crippen LogP contribution in [0.1, 0.15) is 48.3 Å². The van der Waals surface area contributed by atoms with Gasteiger partial charge in [-0.15, -0.1) is 0 Å². The molecule has 0 atom stereocenters. The van der Waals surface area contributed by atoms with Gasteiger partial charge in [-0.2, -0.15) is 0 Å². The van der Waals surface area contributed by atoms with Gasteiger partial charge in [0.05, 0.1) is 8.42 Å². The van der Waals surface area contributed by atoms with Crippen molar-refractivity contribution in [3.8, 4) is 0 Å². The summed E-state index contributed by atoms with van der Waals surface area (Å²) in [6.07, 6.45) is 7.60. The van der Waals surface area contributed by atoms with Crippen LogP contribution in [-0.4, -0.2) is 46.7 Å². The third kappa shape index (κ3) is 5.87. The Morgan fingerprint density at radius 2 is 1.03 bits per heavy atom. The predicted octanol–water partition coefficient (Wildman–Crippen LogP) is 4.92. The third-order valence-electron chi connectivity index (χ3n) is 5.39. The van der Waals surface area contributed by atoms with Gasteiger partial charge in [0.2, 0.25) is 0 Å². The van der Waals surface area contributed by atoms with Crippen molar-refractivity contribution >= 4 is 79.0 Å². The van der Waals surface area contributed by atoms with E-state index in [1.54, 1.807) is 45.3 Å². The van der Waals surface area contributed by atoms with Crippen LogP contribution in [0.25, 0.3) is 0 Å². The Labute approximate surface area is 212 Å². The number of piperidine rings is 2. The van der Waals surface area contributed by atoms with Gasteiger partial charge < -0.3 is 10.4 Å². The summed E-state index contributed by atoms with van der Waals surface area (Å²) in [6.45, 7) is 8.64. The molecule has 2 aromatic rings. The molecule has 0 saturated carbocycles. The third-order valence-corrected chi connectivity index (χ3v) is 13.7. The van der Waals surface area contributed by atoms with Crippen molar-refractivity contribution < 1.29 is 10.4 Å². The lowest BCUT2D eigenvalue weighted by Gasteiger charge is -2.07. The quantitative estimate of drug-likeness (QED) is 0.140. The average Bonchev–Trinajstić information content (AvgIpc) is 3.39. The van der Waals surface area contributed by atoms with Crippen molar-refractivity contribution in [3.63, 3.8) is 0 Å². The Bertz CT molecular complexity index is 1050. The van der Waals surface area contributed by atoms with Crippen LogP contribution >= 0.6 is 68.9 Å². The van der Waals surface area contributed by atoms with Crippen LogP contribution in [0.3, 0.4) is 0 Å². The first-order chi connectivity index (χ1) is 15.6. The predicted molar refractivity (Wildman–Crippen MR) is 142 cm³/mol. The molecule has 0 radical (unpaired) electrons. The summed E-state index contributed by atoms with van der Waals surface area (Å²) in [5.74, 6) is 0. The molecule has 12 heteroatoms. The normalized spacial score (nSPS) is 18.4. The van der Waals surface area contributed by atoms with E-state index in [9.17, 15) is 10.4 Å². The van der Waals surface area contributed by atoms with Crippen molar-refractivity contribution in [2.45, 2.75) is 60.8 Å². The molecule has 0 aromatic carbocycles. The van der Waals surface area contributed by atoms with Crippen LogP contribution in [0.5, 0.6) is 0 Å². The molecular weight excluding hydrogens is 521 g/mol. The number of hydrogen-bond acceptors (Lipinski definition) is 10. The smallest absolute Gasteiger partial charge is 0.315 e. The summed E-state index contributed by atoms with van der Waals surface area (Å²) in [4.78, 5) is 2.40. The van der Waals surface area contributed by atoms with E-state index in [2.05, 4.69) is 33.3 Å². The van der Waals surface area contributed by atoms with Crippen LogP contribution in [0, 0.1) is 13.8 Å². The van der Waals surface area contributed by atoms with Gasteiger partial charge in [-0.1, -0.05) is 56.5 Å². The van der Waals surface area contributed by atoms with E-state index in [-0.39, 0.29) is 0 Å². The van der Waals surface area contributed by atoms with Gasteiger partial charge in [-0.25, -0.2) is 9.15 Å². The Morgan fingerprint density at radius 3 is 1.38 bits per heavy atom. The van der Waals surface area contributed by atoms with Gasteiger partial charge in [0.1, 0.15) is 26.2 Å². The van der Waals surface area contributed by atoms with Gasteiger partial charge in [-0.3, -0.25) is 0 Å². The molecule has 4 heterocycles. The topological polar surface area (TPSA) is 71.2 Å². The molecule has 2 aliphatic heterocycles. The molecule has 0 bridgehead atoms. The van der Waals surface area contributed by atoms with Crippen LogP contribution in [0.2, 0.25) is 0 Å². The first kappa shape index (κ1) is 24.5. The van der Waals surface area contributed by atoms with Gasteiger partial charge in [-0.05, 0) is 49.4 Å². The highest BCUT2D eigenvalue weighted by molar-refractivity contribution is 8.26. The zero-order valence-electron chi connectivity index (χ0n) is 18.2. The van der Waals surface area contributed by atoms with Crippen molar-refractivity contribution in [1.29, 1.82) is 0 Å². The lowest BCUT2D eigenvalue weighted by Crippen LogP contribution is -2.31. The minimum absolute atomic E-state index is 0.331. The van der Waals surface area contributed by atoms with Gasteiger partial charge >= 0.3 is 7.97 Å². The highest BCUT2D eigenvalue weighted by atomic mass is 32.2. The number of nitrogens with zero attached hydrogens (tertiary/aromatic N) is 4. The Hall–Kier alpha value is -0.660. The standard InChI is InChI=1S/C20H26N4O2S6/c1-13-17(31-19(27-13)23-9-5-3-6-10-23)29-15(21-25)16(22-26)30-18-14(2)28-20(32-18)24-11-7-4-8-12-24/h3-12H2,1-2H3/p+2/b21-15+,22-16+. The van der Waals surface area contributed by atoms with E-state index >= 15 is 0 Å². The lowest BCUT2D eigenvalue weighted by molar-refractivity contribution is 0.316. The Kier molecular flexibility index (Phi) is 8.91. The van der Waals surface area contributed by atoms with Crippen molar-refractivity contribution in [2.75, 3.05) is 26.2 Å². The molecule has 32 heavy (non-hydrogen) atoms. The fourth-order valence-electron chi connectivity index (χ4n) is 3.68. The molecule has 2 aromatic heterocycles. The molecule has 2 N–H and O–H groups in total. The van der Waals surface area contributed by atoms with E-state index in [4.69, 9.17) is 0 Å². The second-order valence-electron chi connectivity index (χ2n) is 7.74. The molecule has 2 saturated heterocycles. The zero-order chi connectivity index (χ0) is 22.5. The van der Waals surface area contributed by atoms with Crippen LogP contribution in [0.15, 0.2) is 18.7 Å². The molecule has 0 spiro atoms. The fourth-order valence-corrected chi connectivity index (χ4v) is 11.6. The fraction of sp³-hybridized carbons (Fsp3) is 0.600. The SMILES string of the molecule is Cc1sc(=[N+]2CCCCC2)sc1SC(=N/O)/C(=N\O)Sc1sc(=[N+]2CCCCC2)sc1C. The first-order valence-electron chi connectivity index (χ1n) is 10.8. The van der Waals surface area contributed by atoms with Crippen molar-refractivity contribution in [1.82, 2.24) is 9.15 Å². The molecule has 0 aliphatic carbocycles. The molecule has 0 amide bonds. The maximum Gasteiger partial charge on any atom is 0.315 e. The molecule has 2 aliphatic rings. The molecule has 4 rings (SSSR count). The van der Waals surface area contributed by atoms with E-state index < -0.39 is 0 Å². The molecular formula is C20H28N4O2S6+2. The van der Waals surface area contributed by atoms with Gasteiger partial charge in [0.15, 0.2) is 10.1 Å². The summed E-state index contributed by atoms with van der Waals surface area (Å²) in [5, 5.41) is 27.2. The average molecular weight is 549 g/mol. The first-order valence-corrected chi connectivity index (χ1v) is 15.7. The van der Waals surface area contributed by atoms with Crippen LogP contribution in [-0.2, 0) is 0 Å². The summed E-state index contributed by atoms with van der Waals surface area (Å²) in [7, 11) is 0. The molecule has 0 unspecified atom stereocenters. The van der Waals surface area contributed by atoms with E-state index in [0.717, 1.165) is 34.6 Å². The molecule has 174 valence electrons. The number of rotatable bonds is 2. The largest absolute Gasteiger partial charge is 0.410 e. The number of aryl methyl sites for hydroxylation is 2. The highest BCUT2D eigenvalue weighted by Gasteiger charge is 2.23. The van der Waals surface area contributed by atoms with Crippen molar-refractivity contribution in [3.05, 3.63) is 17.7 Å². The van der Waals surface area contributed by atoms with Crippen molar-refractivity contribution in [2.24, 2.45) is 10.3 Å². The minimum Gasteiger partial charge on any atom is -0.410 e. The minimum atomic E-state index is 0.331. The summed E-state index contributed by atoms with van der Waals surface area (Å²) >= 11 is 9.83. The van der Waals surface area contributed by atoms with Gasteiger partial charge in [0, 0.05) is 35.4 Å². The summed E-state index contributed by atoms with van der Waals surface area (Å²) in [5.41, 5.74) is 0. The number of thioether (sulfide) groups is 2. The zero-order valence-corrected chi connectivity index (χ0v) is 23.1. The monoisotopic (exact) mass is 548 g/mol. The number of hydrogen-bond donors (Lipinski definition) is 2. The number of oxime groups is 2. The lowest BCUT2D eigenvalue weighted by atomic mass is 10.2. The Balaban J connectivity index is 1.54. The maximum atomic E-state index is 9.75. The van der Waals surface area contributed by atoms with Crippen LogP contribution < -0.4 is 17.1 Å². The second kappa shape index (κ2) is 11.7.